The number of carboxylic acid groups (broad SMARTS) is 1. The van der Waals surface area contributed by atoms with Crippen LogP contribution in [0.1, 0.15) is 10.4 Å². The molecule has 2 rings (SSSR count). The summed E-state index contributed by atoms with van der Waals surface area (Å²) < 4.78 is 1.19. The highest BCUT2D eigenvalue weighted by Crippen LogP contribution is 2.20. The topological polar surface area (TPSA) is 108 Å². The van der Waals surface area contributed by atoms with Gasteiger partial charge in [0.15, 0.2) is 0 Å². The van der Waals surface area contributed by atoms with Crippen LogP contribution in [-0.2, 0) is 0 Å². The Morgan fingerprint density at radius 3 is 2.29 bits per heavy atom. The Morgan fingerprint density at radius 2 is 1.82 bits per heavy atom. The van der Waals surface area contributed by atoms with E-state index < -0.39 is 17.3 Å². The molecule has 0 saturated heterocycles. The molecule has 17 heavy (non-hydrogen) atoms. The largest absolute Gasteiger partial charge is 0.478 e. The summed E-state index contributed by atoms with van der Waals surface area (Å²) in [5, 5.41) is 13.0. The average Bonchev–Trinajstić information content (AvgIpc) is 2.59. The minimum absolute atomic E-state index is 0.0561. The van der Waals surface area contributed by atoms with Crippen LogP contribution in [-0.4, -0.2) is 25.8 Å². The first-order chi connectivity index (χ1) is 8.00. The Morgan fingerprint density at radius 1 is 1.24 bits per heavy atom. The number of aromatic carboxylic acids is 1. The van der Waals surface area contributed by atoms with Gasteiger partial charge >= 0.3 is 17.3 Å². The Bertz CT molecular complexity index is 669. The minimum Gasteiger partial charge on any atom is -0.478 e. The Kier molecular flexibility index (Phi) is 2.72. The number of hydrogen-bond acceptors (Lipinski definition) is 3. The molecular formula is C9H6BrN3O4. The third-order valence-electron chi connectivity index (χ3n) is 2.12. The first-order valence-corrected chi connectivity index (χ1v) is 5.23. The van der Waals surface area contributed by atoms with Gasteiger partial charge in [-0.05, 0) is 34.1 Å². The van der Waals surface area contributed by atoms with Gasteiger partial charge in [-0.2, -0.15) is 0 Å². The first kappa shape index (κ1) is 11.4. The van der Waals surface area contributed by atoms with Crippen molar-refractivity contribution < 1.29 is 9.90 Å². The zero-order valence-electron chi connectivity index (χ0n) is 8.23. The van der Waals surface area contributed by atoms with Gasteiger partial charge in [-0.15, -0.1) is 0 Å². The molecule has 8 heteroatoms. The molecule has 0 amide bonds. The van der Waals surface area contributed by atoms with Crippen molar-refractivity contribution >= 4 is 21.9 Å². The number of aromatic nitrogens is 3. The fraction of sp³-hybridized carbons (Fsp3) is 0. The third-order valence-corrected chi connectivity index (χ3v) is 2.75. The fourth-order valence-corrected chi connectivity index (χ4v) is 1.91. The van der Waals surface area contributed by atoms with Gasteiger partial charge in [0.25, 0.3) is 0 Å². The van der Waals surface area contributed by atoms with Crippen molar-refractivity contribution in [2.75, 3.05) is 0 Å². The SMILES string of the molecule is O=C(O)c1ccc(-n2c(=O)[nH][nH]c2=O)c(Br)c1. The third kappa shape index (κ3) is 1.94. The fourth-order valence-electron chi connectivity index (χ4n) is 1.35. The van der Waals surface area contributed by atoms with Crippen LogP contribution in [0.15, 0.2) is 32.3 Å². The number of carbonyl (C=O) groups is 1. The molecule has 0 spiro atoms. The summed E-state index contributed by atoms with van der Waals surface area (Å²) in [5.74, 6) is -1.09. The number of H-pyrrole nitrogens is 2. The van der Waals surface area contributed by atoms with Gasteiger partial charge in [0.2, 0.25) is 0 Å². The molecule has 0 aliphatic rings. The highest BCUT2D eigenvalue weighted by molar-refractivity contribution is 9.10. The summed E-state index contributed by atoms with van der Waals surface area (Å²) >= 11 is 3.12. The molecule has 0 fully saturated rings. The second kappa shape index (κ2) is 4.06. The number of hydrogen-bond donors (Lipinski definition) is 3. The van der Waals surface area contributed by atoms with Crippen molar-refractivity contribution in [3.8, 4) is 5.69 Å². The summed E-state index contributed by atoms with van der Waals surface area (Å²) in [4.78, 5) is 33.4. The van der Waals surface area contributed by atoms with E-state index in [0.717, 1.165) is 4.57 Å². The number of halogens is 1. The van der Waals surface area contributed by atoms with E-state index in [0.29, 0.717) is 4.47 Å². The molecule has 88 valence electrons. The maximum atomic E-state index is 11.4. The lowest BCUT2D eigenvalue weighted by atomic mass is 10.2. The monoisotopic (exact) mass is 299 g/mol. The van der Waals surface area contributed by atoms with Gasteiger partial charge in [-0.1, -0.05) is 0 Å². The molecule has 7 nitrogen and oxygen atoms in total. The van der Waals surface area contributed by atoms with E-state index in [9.17, 15) is 14.4 Å². The Hall–Kier alpha value is -2.09. The zero-order chi connectivity index (χ0) is 12.6. The number of nitrogens with one attached hydrogen (secondary N) is 2. The molecule has 1 aromatic carbocycles. The van der Waals surface area contributed by atoms with Gasteiger partial charge in [-0.3, -0.25) is 0 Å². The van der Waals surface area contributed by atoms with E-state index in [1.807, 2.05) is 0 Å². The molecule has 1 heterocycles. The molecule has 2 aromatic rings. The summed E-state index contributed by atoms with van der Waals surface area (Å²) in [6.07, 6.45) is 0. The standard InChI is InChI=1S/C9H6BrN3O4/c10-5-3-4(7(14)15)1-2-6(5)13-8(16)11-12-9(13)17/h1-3H,(H,11,16)(H,12,17)(H,14,15). The molecule has 1 aromatic heterocycles. The van der Waals surface area contributed by atoms with Gasteiger partial charge < -0.3 is 5.11 Å². The summed E-state index contributed by atoms with van der Waals surface area (Å²) in [6.45, 7) is 0. The molecule has 3 N–H and O–H groups in total. The molecule has 0 saturated carbocycles. The highest BCUT2D eigenvalue weighted by Gasteiger charge is 2.12. The lowest BCUT2D eigenvalue weighted by Crippen LogP contribution is -2.25. The van der Waals surface area contributed by atoms with Crippen molar-refractivity contribution in [2.24, 2.45) is 0 Å². The van der Waals surface area contributed by atoms with E-state index in [1.54, 1.807) is 0 Å². The normalized spacial score (nSPS) is 10.4. The highest BCUT2D eigenvalue weighted by atomic mass is 79.9. The maximum absolute atomic E-state index is 11.4. The predicted molar refractivity (Wildman–Crippen MR) is 61.7 cm³/mol. The van der Waals surface area contributed by atoms with Crippen molar-refractivity contribution in [2.45, 2.75) is 0 Å². The zero-order valence-corrected chi connectivity index (χ0v) is 9.82. The van der Waals surface area contributed by atoms with E-state index in [1.165, 1.54) is 18.2 Å². The number of nitrogens with zero attached hydrogens (tertiary/aromatic N) is 1. The second-order valence-corrected chi connectivity index (χ2v) is 4.02. The lowest BCUT2D eigenvalue weighted by molar-refractivity contribution is 0.0697. The average molecular weight is 300 g/mol. The van der Waals surface area contributed by atoms with Crippen molar-refractivity contribution in [1.29, 1.82) is 0 Å². The quantitative estimate of drug-likeness (QED) is 0.742. The van der Waals surface area contributed by atoms with Crippen LogP contribution < -0.4 is 11.4 Å². The van der Waals surface area contributed by atoms with Crippen LogP contribution in [0.5, 0.6) is 0 Å². The Balaban J connectivity index is 2.67. The smallest absolute Gasteiger partial charge is 0.349 e. The van der Waals surface area contributed by atoms with Gasteiger partial charge in [0.1, 0.15) is 0 Å². The van der Waals surface area contributed by atoms with Crippen LogP contribution in [0.25, 0.3) is 5.69 Å². The maximum Gasteiger partial charge on any atom is 0.349 e. The number of aromatic amines is 2. The summed E-state index contributed by atoms with van der Waals surface area (Å²) in [7, 11) is 0. The minimum atomic E-state index is -1.09. The van der Waals surface area contributed by atoms with Crippen LogP contribution in [0, 0.1) is 0 Å². The van der Waals surface area contributed by atoms with Gasteiger partial charge in [-0.25, -0.2) is 29.1 Å². The first-order valence-electron chi connectivity index (χ1n) is 4.43. The van der Waals surface area contributed by atoms with Crippen LogP contribution in [0.2, 0.25) is 0 Å². The molecule has 0 aliphatic heterocycles. The molecule has 0 unspecified atom stereocenters. The molecular weight excluding hydrogens is 294 g/mol. The summed E-state index contributed by atoms with van der Waals surface area (Å²) in [5.41, 5.74) is -0.930. The van der Waals surface area contributed by atoms with E-state index in [4.69, 9.17) is 5.11 Å². The van der Waals surface area contributed by atoms with E-state index in [-0.39, 0.29) is 11.3 Å². The van der Waals surface area contributed by atoms with Gasteiger partial charge in [0.05, 0.1) is 11.3 Å². The van der Waals surface area contributed by atoms with E-state index in [2.05, 4.69) is 26.1 Å². The van der Waals surface area contributed by atoms with E-state index >= 15 is 0 Å². The van der Waals surface area contributed by atoms with Crippen molar-refractivity contribution in [1.82, 2.24) is 14.8 Å². The molecule has 0 bridgehead atoms. The van der Waals surface area contributed by atoms with Gasteiger partial charge in [0, 0.05) is 4.47 Å². The summed E-state index contributed by atoms with van der Waals surface area (Å²) in [6, 6.07) is 4.00. The number of rotatable bonds is 2. The predicted octanol–water partition coefficient (Wildman–Crippen LogP) is 0.315. The lowest BCUT2D eigenvalue weighted by Gasteiger charge is -2.03. The number of benzene rings is 1. The Labute approximate surface area is 102 Å². The van der Waals surface area contributed by atoms with Crippen LogP contribution in [0.3, 0.4) is 0 Å². The number of carboxylic acids is 1. The van der Waals surface area contributed by atoms with Crippen molar-refractivity contribution in [3.63, 3.8) is 0 Å². The molecule has 0 radical (unpaired) electrons. The molecule has 0 aliphatic carbocycles. The van der Waals surface area contributed by atoms with Crippen LogP contribution in [0.4, 0.5) is 0 Å². The molecule has 0 atom stereocenters. The second-order valence-electron chi connectivity index (χ2n) is 3.17. The van der Waals surface area contributed by atoms with Crippen molar-refractivity contribution in [3.05, 3.63) is 49.2 Å². The van der Waals surface area contributed by atoms with Crippen LogP contribution >= 0.6 is 15.9 Å².